The highest BCUT2D eigenvalue weighted by molar-refractivity contribution is 5.85. The molecule has 4 aromatic rings. The van der Waals surface area contributed by atoms with Crippen molar-refractivity contribution in [1.82, 2.24) is 38.9 Å². The van der Waals surface area contributed by atoms with Gasteiger partial charge in [-0.2, -0.15) is 0 Å². The Hall–Kier alpha value is -5.62. The molecule has 4 aromatic heterocycles. The molecule has 4 rings (SSSR count). The zero-order valence-corrected chi connectivity index (χ0v) is 24.7. The Bertz CT molecular complexity index is 1550. The number of imidazole rings is 2. The van der Waals surface area contributed by atoms with Gasteiger partial charge in [0.2, 0.25) is 12.7 Å². The summed E-state index contributed by atoms with van der Waals surface area (Å²) >= 11 is 0. The Kier molecular flexibility index (Phi) is 11.5. The molecule has 0 fully saturated rings. The molecule has 0 amide bonds. The second-order valence-electron chi connectivity index (χ2n) is 10.4. The van der Waals surface area contributed by atoms with Crippen LogP contribution in [0.25, 0.3) is 0 Å². The van der Waals surface area contributed by atoms with Gasteiger partial charge in [0.15, 0.2) is 0 Å². The van der Waals surface area contributed by atoms with Crippen LogP contribution < -0.4 is 0 Å². The van der Waals surface area contributed by atoms with Gasteiger partial charge in [-0.05, 0) is 56.9 Å². The lowest BCUT2D eigenvalue weighted by Gasteiger charge is -2.28. The minimum atomic E-state index is -1.14. The predicted molar refractivity (Wildman–Crippen MR) is 160 cm³/mol. The first-order valence-corrected chi connectivity index (χ1v) is 14.2. The Morgan fingerprint density at radius 3 is 1.46 bits per heavy atom. The zero-order chi connectivity index (χ0) is 33.1. The van der Waals surface area contributed by atoms with Crippen LogP contribution in [0, 0.1) is 20.2 Å². The van der Waals surface area contributed by atoms with E-state index in [1.807, 2.05) is 0 Å². The molecule has 4 heterocycles. The molecule has 0 atom stereocenters. The zero-order valence-electron chi connectivity index (χ0n) is 24.7. The lowest BCUT2D eigenvalue weighted by atomic mass is 10.2. The number of carbonyl (C=O) groups is 2. The number of hydrogen-bond acceptors (Lipinski definition) is 12. The summed E-state index contributed by atoms with van der Waals surface area (Å²) in [6.45, 7) is 3.72. The molecular weight excluding hydrogens is 604 g/mol. The van der Waals surface area contributed by atoms with E-state index in [1.165, 1.54) is 37.2 Å². The number of rotatable bonds is 19. The summed E-state index contributed by atoms with van der Waals surface area (Å²) in [4.78, 5) is 64.1. The Balaban J connectivity index is 1.46. The number of aryl methyl sites for hydroxylation is 2. The molecule has 2 N–H and O–H groups in total. The minimum Gasteiger partial charge on any atom is -0.477 e. The second-order valence-corrected chi connectivity index (χ2v) is 10.4. The summed E-state index contributed by atoms with van der Waals surface area (Å²) in [5, 5.41) is 40.8. The van der Waals surface area contributed by atoms with Crippen LogP contribution >= 0.6 is 0 Å². The first-order valence-electron chi connectivity index (χ1n) is 14.2. The standard InChI is InChI=1S/C28H32N10O8/c39-27(40)23-7-1-5-21(31-23)15-33(9-3-11-35-17-25(29-19-35)37(43)44)13-14-34(16-22-6-2-8-24(32-22)28(41)42)10-4-12-36-18-26(30-20-36)38(45)46/h1-2,5-8,17-20H,3-4,9-16H2,(H,39,40)(H,41,42). The number of carboxylic acid groups (broad SMARTS) is 2. The van der Waals surface area contributed by atoms with Crippen molar-refractivity contribution in [3.63, 3.8) is 0 Å². The van der Waals surface area contributed by atoms with Gasteiger partial charge in [-0.1, -0.05) is 12.1 Å². The summed E-state index contributed by atoms with van der Waals surface area (Å²) in [5.41, 5.74) is 0.965. The van der Waals surface area contributed by atoms with Gasteiger partial charge < -0.3 is 39.6 Å². The highest BCUT2D eigenvalue weighted by Gasteiger charge is 2.16. The fourth-order valence-corrected chi connectivity index (χ4v) is 4.74. The fourth-order valence-electron chi connectivity index (χ4n) is 4.74. The van der Waals surface area contributed by atoms with Crippen molar-refractivity contribution in [2.75, 3.05) is 26.2 Å². The molecule has 18 heteroatoms. The van der Waals surface area contributed by atoms with Crippen molar-refractivity contribution in [3.8, 4) is 0 Å². The lowest BCUT2D eigenvalue weighted by molar-refractivity contribution is -0.389. The molecule has 0 aromatic carbocycles. The smallest absolute Gasteiger partial charge is 0.381 e. The number of pyridine rings is 2. The molecule has 46 heavy (non-hydrogen) atoms. The van der Waals surface area contributed by atoms with E-state index in [0.717, 1.165) is 0 Å². The van der Waals surface area contributed by atoms with Crippen molar-refractivity contribution in [2.45, 2.75) is 39.0 Å². The van der Waals surface area contributed by atoms with Gasteiger partial charge in [0.05, 0.1) is 11.4 Å². The van der Waals surface area contributed by atoms with Gasteiger partial charge in [-0.3, -0.25) is 9.80 Å². The van der Waals surface area contributed by atoms with E-state index in [1.54, 1.807) is 33.4 Å². The number of nitro groups is 2. The molecule has 0 aliphatic heterocycles. The second kappa shape index (κ2) is 15.9. The molecule has 0 saturated heterocycles. The van der Waals surface area contributed by atoms with Gasteiger partial charge in [-0.15, -0.1) is 0 Å². The average Bonchev–Trinajstić information content (AvgIpc) is 3.70. The molecule has 0 unspecified atom stereocenters. The van der Waals surface area contributed by atoms with Crippen LogP contribution in [0.5, 0.6) is 0 Å². The van der Waals surface area contributed by atoms with Gasteiger partial charge in [0, 0.05) is 52.4 Å². The monoisotopic (exact) mass is 636 g/mol. The molecule has 242 valence electrons. The lowest BCUT2D eigenvalue weighted by Crippen LogP contribution is -2.36. The number of aromatic carboxylic acids is 2. The van der Waals surface area contributed by atoms with Crippen LogP contribution in [0.1, 0.15) is 45.2 Å². The van der Waals surface area contributed by atoms with E-state index in [4.69, 9.17) is 0 Å². The van der Waals surface area contributed by atoms with E-state index in [-0.39, 0.29) is 23.0 Å². The summed E-state index contributed by atoms with van der Waals surface area (Å²) in [6, 6.07) is 9.56. The molecule has 0 radical (unpaired) electrons. The minimum absolute atomic E-state index is 0.0751. The Morgan fingerprint density at radius 2 is 1.11 bits per heavy atom. The first kappa shape index (κ1) is 33.3. The molecule has 0 aliphatic carbocycles. The van der Waals surface area contributed by atoms with Gasteiger partial charge >= 0.3 is 23.6 Å². The van der Waals surface area contributed by atoms with Crippen molar-refractivity contribution in [3.05, 3.63) is 104 Å². The van der Waals surface area contributed by atoms with Crippen LogP contribution in [0.2, 0.25) is 0 Å². The van der Waals surface area contributed by atoms with E-state index in [9.17, 15) is 40.0 Å². The molecule has 18 nitrogen and oxygen atoms in total. The third-order valence-electron chi connectivity index (χ3n) is 6.95. The summed E-state index contributed by atoms with van der Waals surface area (Å²) < 4.78 is 3.26. The largest absolute Gasteiger partial charge is 0.477 e. The van der Waals surface area contributed by atoms with Crippen molar-refractivity contribution >= 4 is 23.6 Å². The van der Waals surface area contributed by atoms with E-state index < -0.39 is 21.8 Å². The Labute approximate surface area is 261 Å². The predicted octanol–water partition coefficient (Wildman–Crippen LogP) is 2.57. The maximum atomic E-state index is 11.5. The third kappa shape index (κ3) is 9.96. The molecule has 0 bridgehead atoms. The van der Waals surface area contributed by atoms with Gasteiger partial charge in [0.25, 0.3) is 0 Å². The van der Waals surface area contributed by atoms with Crippen LogP contribution in [0.15, 0.2) is 61.4 Å². The van der Waals surface area contributed by atoms with E-state index in [0.29, 0.717) is 76.6 Å². The third-order valence-corrected chi connectivity index (χ3v) is 6.95. The normalized spacial score (nSPS) is 11.3. The topological polar surface area (TPSA) is 229 Å². The molecule has 0 saturated carbocycles. The number of hydrogen-bond donors (Lipinski definition) is 2. The van der Waals surface area contributed by atoms with E-state index in [2.05, 4.69) is 29.7 Å². The quantitative estimate of drug-likeness (QED) is 0.111. The maximum Gasteiger partial charge on any atom is 0.381 e. The highest BCUT2D eigenvalue weighted by Crippen LogP contribution is 2.12. The average molecular weight is 637 g/mol. The van der Waals surface area contributed by atoms with Crippen LogP contribution in [0.3, 0.4) is 0 Å². The summed E-state index contributed by atoms with van der Waals surface area (Å²) in [5.74, 6) is -2.76. The molecule has 0 aliphatic rings. The van der Waals surface area contributed by atoms with Gasteiger partial charge in [-0.25, -0.2) is 19.6 Å². The number of aromatic nitrogens is 6. The molecular formula is C28H32N10O8. The number of carboxylic acids is 2. The Morgan fingerprint density at radius 1 is 0.696 bits per heavy atom. The van der Waals surface area contributed by atoms with E-state index >= 15 is 0 Å². The first-order chi connectivity index (χ1) is 22.1. The fraction of sp³-hybridized carbons (Fsp3) is 0.357. The highest BCUT2D eigenvalue weighted by atomic mass is 16.6. The van der Waals surface area contributed by atoms with Crippen LogP contribution in [-0.2, 0) is 26.2 Å². The van der Waals surface area contributed by atoms with Crippen molar-refractivity contribution < 1.29 is 29.6 Å². The molecule has 0 spiro atoms. The maximum absolute atomic E-state index is 11.5. The number of nitrogens with zero attached hydrogens (tertiary/aromatic N) is 10. The van der Waals surface area contributed by atoms with Crippen LogP contribution in [0.4, 0.5) is 11.6 Å². The van der Waals surface area contributed by atoms with Crippen LogP contribution in [-0.4, -0.2) is 97.0 Å². The summed E-state index contributed by atoms with van der Waals surface area (Å²) in [6.07, 6.45) is 6.72. The van der Waals surface area contributed by atoms with Crippen molar-refractivity contribution in [1.29, 1.82) is 0 Å². The SMILES string of the molecule is O=C(O)c1cccc(CN(CCCn2cnc([N+](=O)[O-])c2)CCN(CCCn2cnc([N+](=O)[O-])c2)Cc2cccc(C(=O)O)n2)n1. The van der Waals surface area contributed by atoms with Gasteiger partial charge in [0.1, 0.15) is 23.8 Å². The van der Waals surface area contributed by atoms with Crippen molar-refractivity contribution in [2.24, 2.45) is 0 Å². The summed E-state index contributed by atoms with van der Waals surface area (Å²) in [7, 11) is 0.